The van der Waals surface area contributed by atoms with Gasteiger partial charge in [-0.1, -0.05) is 36.4 Å². The first-order chi connectivity index (χ1) is 13.3. The Kier molecular flexibility index (Phi) is 3.72. The molecule has 1 aliphatic rings. The molecule has 1 atom stereocenters. The molecule has 2 aromatic carbocycles. The van der Waals surface area contributed by atoms with E-state index in [9.17, 15) is 5.11 Å². The first-order valence-electron chi connectivity index (χ1n) is 8.57. The number of hydrogen-bond acceptors (Lipinski definition) is 6. The van der Waals surface area contributed by atoms with Crippen molar-refractivity contribution in [3.8, 4) is 11.5 Å². The zero-order chi connectivity index (χ0) is 18.2. The molecule has 5 rings (SSSR count). The second kappa shape index (κ2) is 6.37. The van der Waals surface area contributed by atoms with E-state index in [-0.39, 0.29) is 6.79 Å². The lowest BCUT2D eigenvalue weighted by molar-refractivity contribution is 0.173. The van der Waals surface area contributed by atoms with Crippen LogP contribution in [-0.4, -0.2) is 31.4 Å². The summed E-state index contributed by atoms with van der Waals surface area (Å²) < 4.78 is 12.7. The van der Waals surface area contributed by atoms with E-state index in [1.807, 2.05) is 22.8 Å². The van der Waals surface area contributed by atoms with Crippen molar-refractivity contribution in [3.63, 3.8) is 0 Å². The van der Waals surface area contributed by atoms with Gasteiger partial charge >= 0.3 is 0 Å². The average Bonchev–Trinajstić information content (AvgIpc) is 3.34. The number of rotatable bonds is 4. The van der Waals surface area contributed by atoms with Gasteiger partial charge in [-0.2, -0.15) is 0 Å². The van der Waals surface area contributed by atoms with E-state index in [2.05, 4.69) is 27.1 Å². The highest BCUT2D eigenvalue weighted by Gasteiger charge is 2.22. The van der Waals surface area contributed by atoms with Gasteiger partial charge < -0.3 is 19.1 Å². The Morgan fingerprint density at radius 1 is 1.00 bits per heavy atom. The minimum Gasteiger partial charge on any atom is -0.454 e. The molecule has 1 N–H and O–H groups in total. The number of aromatic nitrogens is 4. The minimum absolute atomic E-state index is 0.191. The van der Waals surface area contributed by atoms with Gasteiger partial charge in [0.15, 0.2) is 17.1 Å². The molecule has 2 aromatic heterocycles. The summed E-state index contributed by atoms with van der Waals surface area (Å²) in [6.45, 7) is 0.838. The zero-order valence-corrected chi connectivity index (χ0v) is 14.3. The lowest BCUT2D eigenvalue weighted by Gasteiger charge is -2.12. The van der Waals surface area contributed by atoms with Gasteiger partial charge in [-0.05, 0) is 23.3 Å². The normalized spacial score (nSPS) is 13.8. The highest BCUT2D eigenvalue weighted by atomic mass is 16.7. The number of hydrogen-bond donors (Lipinski definition) is 1. The van der Waals surface area contributed by atoms with Crippen LogP contribution in [0.15, 0.2) is 61.2 Å². The van der Waals surface area contributed by atoms with Crippen LogP contribution >= 0.6 is 0 Å². The van der Waals surface area contributed by atoms with Gasteiger partial charge in [-0.25, -0.2) is 15.0 Å². The van der Waals surface area contributed by atoms with Crippen LogP contribution < -0.4 is 9.47 Å². The fourth-order valence-electron chi connectivity index (χ4n) is 3.24. The number of benzene rings is 2. The summed E-state index contributed by atoms with van der Waals surface area (Å²) in [5, 5.41) is 10.9. The third-order valence-electron chi connectivity index (χ3n) is 4.60. The number of imidazole rings is 1. The zero-order valence-electron chi connectivity index (χ0n) is 14.3. The SMILES string of the molecule is OC(c1ccc2c(c1)OCO2)c1ncnc2c1ncn2Cc1ccccc1. The summed E-state index contributed by atoms with van der Waals surface area (Å²) in [6.07, 6.45) is 2.24. The molecule has 7 heteroatoms. The molecular formula is C20H16N4O3. The number of aliphatic hydroxyl groups is 1. The summed E-state index contributed by atoms with van der Waals surface area (Å²) in [7, 11) is 0. The van der Waals surface area contributed by atoms with Crippen molar-refractivity contribution in [2.45, 2.75) is 12.6 Å². The molecule has 0 radical (unpaired) electrons. The molecule has 1 aliphatic heterocycles. The average molecular weight is 360 g/mol. The van der Waals surface area contributed by atoms with Gasteiger partial charge in [0.1, 0.15) is 23.6 Å². The van der Waals surface area contributed by atoms with E-state index >= 15 is 0 Å². The highest BCUT2D eigenvalue weighted by molar-refractivity contribution is 5.74. The predicted octanol–water partition coefficient (Wildman–Crippen LogP) is 2.69. The lowest BCUT2D eigenvalue weighted by Crippen LogP contribution is -2.05. The first-order valence-corrected chi connectivity index (χ1v) is 8.57. The molecule has 1 unspecified atom stereocenters. The molecule has 7 nitrogen and oxygen atoms in total. The monoisotopic (exact) mass is 360 g/mol. The third-order valence-corrected chi connectivity index (χ3v) is 4.60. The van der Waals surface area contributed by atoms with Crippen molar-refractivity contribution in [1.29, 1.82) is 0 Å². The fraction of sp³-hybridized carbons (Fsp3) is 0.150. The maximum absolute atomic E-state index is 10.9. The molecule has 3 heterocycles. The van der Waals surface area contributed by atoms with Gasteiger partial charge in [-0.15, -0.1) is 0 Å². The summed E-state index contributed by atoms with van der Waals surface area (Å²) in [6, 6.07) is 15.4. The van der Waals surface area contributed by atoms with Crippen LogP contribution in [-0.2, 0) is 6.54 Å². The fourth-order valence-corrected chi connectivity index (χ4v) is 3.24. The van der Waals surface area contributed by atoms with Gasteiger partial charge in [-0.3, -0.25) is 0 Å². The van der Waals surface area contributed by atoms with E-state index in [4.69, 9.17) is 9.47 Å². The van der Waals surface area contributed by atoms with Gasteiger partial charge in [0.2, 0.25) is 6.79 Å². The molecule has 4 aromatic rings. The first kappa shape index (κ1) is 15.8. The maximum atomic E-state index is 10.9. The summed E-state index contributed by atoms with van der Waals surface area (Å²) in [4.78, 5) is 13.1. The largest absolute Gasteiger partial charge is 0.454 e. The quantitative estimate of drug-likeness (QED) is 0.603. The van der Waals surface area contributed by atoms with E-state index in [0.717, 1.165) is 5.56 Å². The van der Waals surface area contributed by atoms with Crippen molar-refractivity contribution in [3.05, 3.63) is 78.0 Å². The second-order valence-electron chi connectivity index (χ2n) is 6.30. The van der Waals surface area contributed by atoms with Crippen LogP contribution in [0.3, 0.4) is 0 Å². The molecule has 0 spiro atoms. The Morgan fingerprint density at radius 3 is 2.74 bits per heavy atom. The molecule has 27 heavy (non-hydrogen) atoms. The molecule has 0 saturated carbocycles. The Morgan fingerprint density at radius 2 is 1.85 bits per heavy atom. The Labute approximate surface area is 154 Å². The molecule has 0 aliphatic carbocycles. The van der Waals surface area contributed by atoms with Crippen LogP contribution in [0, 0.1) is 0 Å². The number of fused-ring (bicyclic) bond motifs is 2. The Hall–Kier alpha value is -3.45. The number of ether oxygens (including phenoxy) is 2. The van der Waals surface area contributed by atoms with Crippen LogP contribution in [0.5, 0.6) is 11.5 Å². The highest BCUT2D eigenvalue weighted by Crippen LogP contribution is 2.36. The van der Waals surface area contributed by atoms with E-state index < -0.39 is 6.10 Å². The van der Waals surface area contributed by atoms with E-state index in [0.29, 0.717) is 40.5 Å². The maximum Gasteiger partial charge on any atom is 0.231 e. The topological polar surface area (TPSA) is 82.3 Å². The molecule has 0 bridgehead atoms. The van der Waals surface area contributed by atoms with Gasteiger partial charge in [0.05, 0.1) is 12.9 Å². The van der Waals surface area contributed by atoms with Crippen molar-refractivity contribution in [1.82, 2.24) is 19.5 Å². The standard InChI is InChI=1S/C20H16N4O3/c25-19(14-6-7-15-16(8-14)27-12-26-15)17-18-20(22-10-21-17)24(11-23-18)9-13-4-2-1-3-5-13/h1-8,10-11,19,25H,9,12H2. The molecule has 0 fully saturated rings. The van der Waals surface area contributed by atoms with Crippen LogP contribution in [0.25, 0.3) is 11.2 Å². The smallest absolute Gasteiger partial charge is 0.231 e. The minimum atomic E-state index is -0.940. The van der Waals surface area contributed by atoms with Crippen LogP contribution in [0.2, 0.25) is 0 Å². The Bertz CT molecular complexity index is 1110. The molecule has 0 amide bonds. The van der Waals surface area contributed by atoms with Crippen molar-refractivity contribution in [2.75, 3.05) is 6.79 Å². The van der Waals surface area contributed by atoms with Crippen LogP contribution in [0.4, 0.5) is 0 Å². The Balaban J connectivity index is 1.52. The molecular weight excluding hydrogens is 344 g/mol. The van der Waals surface area contributed by atoms with Crippen LogP contribution in [0.1, 0.15) is 22.9 Å². The predicted molar refractivity (Wildman–Crippen MR) is 97.5 cm³/mol. The summed E-state index contributed by atoms with van der Waals surface area (Å²) in [5.41, 5.74) is 3.54. The third kappa shape index (κ3) is 2.78. The number of aliphatic hydroxyl groups excluding tert-OH is 1. The van der Waals surface area contributed by atoms with Crippen molar-refractivity contribution in [2.24, 2.45) is 0 Å². The van der Waals surface area contributed by atoms with Crippen molar-refractivity contribution < 1.29 is 14.6 Å². The van der Waals surface area contributed by atoms with Crippen molar-refractivity contribution >= 4 is 11.2 Å². The lowest BCUT2D eigenvalue weighted by atomic mass is 10.1. The summed E-state index contributed by atoms with van der Waals surface area (Å²) in [5.74, 6) is 1.29. The molecule has 134 valence electrons. The van der Waals surface area contributed by atoms with E-state index in [1.165, 1.54) is 6.33 Å². The summed E-state index contributed by atoms with van der Waals surface area (Å²) >= 11 is 0. The molecule has 0 saturated heterocycles. The van der Waals surface area contributed by atoms with E-state index in [1.54, 1.807) is 24.5 Å². The van der Waals surface area contributed by atoms with Gasteiger partial charge in [0.25, 0.3) is 0 Å². The number of nitrogens with zero attached hydrogens (tertiary/aromatic N) is 4. The second-order valence-corrected chi connectivity index (χ2v) is 6.30. The van der Waals surface area contributed by atoms with Gasteiger partial charge in [0, 0.05) is 0 Å².